The molecule has 0 atom stereocenters. The molecule has 1 spiro atoms. The number of fused-ring (bicyclic) bond motifs is 6. The van der Waals surface area contributed by atoms with E-state index in [0.717, 1.165) is 34.6 Å². The van der Waals surface area contributed by atoms with Crippen molar-refractivity contribution in [2.24, 2.45) is 23.7 Å². The molecule has 10 aromatic rings. The van der Waals surface area contributed by atoms with Crippen molar-refractivity contribution in [1.82, 2.24) is 15.0 Å². The molecule has 4 heteroatoms. The van der Waals surface area contributed by atoms with Crippen LogP contribution in [-0.4, -0.2) is 15.0 Å². The molecule has 3 nitrogen and oxygen atoms in total. The molecule has 0 aliphatic heterocycles. The molecule has 2 aromatic heterocycles. The number of rotatable bonds is 3. The summed E-state index contributed by atoms with van der Waals surface area (Å²) in [5.41, 5.74) is 9.09. The summed E-state index contributed by atoms with van der Waals surface area (Å²) in [6, 6.07) is 51.8. The Hall–Kier alpha value is -5.97. The number of aromatic nitrogens is 3. The van der Waals surface area contributed by atoms with Gasteiger partial charge in [-0.15, -0.1) is 11.3 Å². The molecule has 2 heterocycles. The average Bonchev–Trinajstić information content (AvgIpc) is 3.77. The smallest absolute Gasteiger partial charge is 0.166 e. The maximum atomic E-state index is 5.66. The SMILES string of the molecule is c1ccc(-c2nc(-c3ccc4ccc5cccc6ccc3c4c56)nc(-c3c4c(cc5c3sc3ccccc35)C3(c5ccccc5-4)C4CC5CC(C4)CC3C5)n2)cc1. The van der Waals surface area contributed by atoms with Crippen LogP contribution in [0, 0.1) is 23.7 Å². The highest BCUT2D eigenvalue weighted by molar-refractivity contribution is 7.26. The van der Waals surface area contributed by atoms with Gasteiger partial charge in [-0.25, -0.2) is 15.0 Å². The molecule has 0 saturated heterocycles. The number of benzene rings is 8. The minimum atomic E-state index is 0.0233. The molecule has 8 aromatic carbocycles. The lowest BCUT2D eigenvalue weighted by atomic mass is 9.43. The second-order valence-electron chi connectivity index (χ2n) is 17.5. The third-order valence-electron chi connectivity index (χ3n) is 14.8. The van der Waals surface area contributed by atoms with E-state index in [9.17, 15) is 0 Å². The topological polar surface area (TPSA) is 38.7 Å². The molecule has 4 saturated carbocycles. The Morgan fingerprint density at radius 2 is 1.12 bits per heavy atom. The predicted octanol–water partition coefficient (Wildman–Crippen LogP) is 13.9. The van der Waals surface area contributed by atoms with Crippen molar-refractivity contribution in [1.29, 1.82) is 0 Å². The van der Waals surface area contributed by atoms with E-state index in [1.165, 1.54) is 107 Å². The van der Waals surface area contributed by atoms with Gasteiger partial charge in [0.1, 0.15) is 0 Å². The first-order valence-corrected chi connectivity index (χ1v) is 21.6. The first-order chi connectivity index (χ1) is 28.2. The summed E-state index contributed by atoms with van der Waals surface area (Å²) in [6.45, 7) is 0. The molecule has 15 rings (SSSR count). The van der Waals surface area contributed by atoms with Gasteiger partial charge in [-0.1, -0.05) is 121 Å². The van der Waals surface area contributed by atoms with E-state index >= 15 is 0 Å². The summed E-state index contributed by atoms with van der Waals surface area (Å²) in [6.07, 6.45) is 6.83. The highest BCUT2D eigenvalue weighted by Gasteiger charge is 2.62. The van der Waals surface area contributed by atoms with Crippen molar-refractivity contribution < 1.29 is 0 Å². The number of hydrogen-bond donors (Lipinski definition) is 0. The van der Waals surface area contributed by atoms with Gasteiger partial charge in [0.15, 0.2) is 17.5 Å². The minimum Gasteiger partial charge on any atom is -0.208 e. The van der Waals surface area contributed by atoms with E-state index in [4.69, 9.17) is 15.0 Å². The third kappa shape index (κ3) is 4.04. The maximum absolute atomic E-state index is 5.66. The average molecular weight is 748 g/mol. The van der Waals surface area contributed by atoms with Crippen LogP contribution in [0.3, 0.4) is 0 Å². The molecule has 4 bridgehead atoms. The summed E-state index contributed by atoms with van der Waals surface area (Å²) in [5.74, 6) is 5.29. The Kier molecular flexibility index (Phi) is 6.07. The van der Waals surface area contributed by atoms with E-state index in [1.807, 2.05) is 11.3 Å². The minimum absolute atomic E-state index is 0.0233. The predicted molar refractivity (Wildman–Crippen MR) is 236 cm³/mol. The molecule has 0 N–H and O–H groups in total. The fraction of sp³-hybridized carbons (Fsp3) is 0.189. The Morgan fingerprint density at radius 3 is 1.95 bits per heavy atom. The molecule has 0 amide bonds. The zero-order valence-electron chi connectivity index (χ0n) is 31.4. The normalized spacial score (nSPS) is 23.2. The second kappa shape index (κ2) is 11.1. The highest BCUT2D eigenvalue weighted by Crippen LogP contribution is 2.70. The van der Waals surface area contributed by atoms with Gasteiger partial charge >= 0.3 is 0 Å². The van der Waals surface area contributed by atoms with Gasteiger partial charge in [-0.3, -0.25) is 0 Å². The van der Waals surface area contributed by atoms with Crippen LogP contribution in [0.2, 0.25) is 0 Å². The molecule has 0 unspecified atom stereocenters. The summed E-state index contributed by atoms with van der Waals surface area (Å²) < 4.78 is 2.59. The molecule has 4 fully saturated rings. The largest absolute Gasteiger partial charge is 0.208 e. The Balaban J connectivity index is 1.12. The van der Waals surface area contributed by atoms with Gasteiger partial charge in [0.2, 0.25) is 0 Å². The van der Waals surface area contributed by atoms with Gasteiger partial charge in [-0.05, 0) is 129 Å². The molecule has 270 valence electrons. The molecule has 5 aliphatic carbocycles. The number of nitrogens with zero attached hydrogens (tertiary/aromatic N) is 3. The van der Waals surface area contributed by atoms with Crippen molar-refractivity contribution in [2.45, 2.75) is 37.5 Å². The van der Waals surface area contributed by atoms with Crippen molar-refractivity contribution in [2.75, 3.05) is 0 Å². The molecule has 57 heavy (non-hydrogen) atoms. The molecule has 5 aliphatic rings. The van der Waals surface area contributed by atoms with Gasteiger partial charge in [0.05, 0.1) is 0 Å². The molecular weight excluding hydrogens is 711 g/mol. The van der Waals surface area contributed by atoms with Gasteiger partial charge in [-0.2, -0.15) is 0 Å². The van der Waals surface area contributed by atoms with Crippen LogP contribution in [0.25, 0.3) is 97.8 Å². The van der Waals surface area contributed by atoms with Gasteiger partial charge < -0.3 is 0 Å². The van der Waals surface area contributed by atoms with Crippen LogP contribution in [0.5, 0.6) is 0 Å². The zero-order valence-corrected chi connectivity index (χ0v) is 32.2. The number of thiophene rings is 1. The van der Waals surface area contributed by atoms with Crippen molar-refractivity contribution in [3.8, 4) is 45.3 Å². The van der Waals surface area contributed by atoms with Crippen molar-refractivity contribution in [3.63, 3.8) is 0 Å². The van der Waals surface area contributed by atoms with Crippen LogP contribution >= 0.6 is 11.3 Å². The lowest BCUT2D eigenvalue weighted by Gasteiger charge is -2.61. The Bertz CT molecular complexity index is 3280. The van der Waals surface area contributed by atoms with Crippen LogP contribution in [0.1, 0.15) is 43.2 Å². The van der Waals surface area contributed by atoms with E-state index < -0.39 is 0 Å². The van der Waals surface area contributed by atoms with E-state index in [0.29, 0.717) is 17.7 Å². The van der Waals surface area contributed by atoms with Crippen LogP contribution in [0.15, 0.2) is 140 Å². The van der Waals surface area contributed by atoms with Crippen LogP contribution in [0.4, 0.5) is 0 Å². The van der Waals surface area contributed by atoms with Gasteiger partial charge in [0, 0.05) is 42.3 Å². The Labute approximate surface area is 334 Å². The zero-order chi connectivity index (χ0) is 37.0. The van der Waals surface area contributed by atoms with E-state index in [2.05, 4.69) is 140 Å². The number of hydrogen-bond acceptors (Lipinski definition) is 4. The fourth-order valence-electron chi connectivity index (χ4n) is 12.9. The van der Waals surface area contributed by atoms with E-state index in [-0.39, 0.29) is 5.41 Å². The van der Waals surface area contributed by atoms with Gasteiger partial charge in [0.25, 0.3) is 0 Å². The summed E-state index contributed by atoms with van der Waals surface area (Å²) in [4.78, 5) is 16.6. The summed E-state index contributed by atoms with van der Waals surface area (Å²) in [7, 11) is 0. The standard InChI is InChI=1S/C53H37N3S/c1-2-9-34(10-3-1)50-54-51(39-22-20-33-18-17-31-11-8-12-32-19-21-38(39)46(33)45(31)32)56-52(55-50)48-47-40-14-4-6-15-42(40)53(35-24-29-23-30(26-35)27-36(53)25-29)43(47)28-41-37-13-5-7-16-44(37)57-49(41)48/h1-22,28-30,35-36H,23-27H2. The van der Waals surface area contributed by atoms with Crippen molar-refractivity contribution in [3.05, 3.63) is 151 Å². The van der Waals surface area contributed by atoms with E-state index in [1.54, 1.807) is 5.56 Å². The lowest BCUT2D eigenvalue weighted by Crippen LogP contribution is -2.55. The third-order valence-corrected chi connectivity index (χ3v) is 16.0. The lowest BCUT2D eigenvalue weighted by molar-refractivity contribution is -0.0398. The fourth-order valence-corrected chi connectivity index (χ4v) is 14.2. The Morgan fingerprint density at radius 1 is 0.456 bits per heavy atom. The van der Waals surface area contributed by atoms with Crippen LogP contribution in [-0.2, 0) is 5.41 Å². The monoisotopic (exact) mass is 747 g/mol. The molecule has 0 radical (unpaired) electrons. The first kappa shape index (κ1) is 31.2. The van der Waals surface area contributed by atoms with Crippen molar-refractivity contribution >= 4 is 63.8 Å². The van der Waals surface area contributed by atoms with Crippen LogP contribution < -0.4 is 0 Å². The maximum Gasteiger partial charge on any atom is 0.166 e. The second-order valence-corrected chi connectivity index (χ2v) is 18.6. The first-order valence-electron chi connectivity index (χ1n) is 20.8. The highest BCUT2D eigenvalue weighted by atomic mass is 32.1. The quantitative estimate of drug-likeness (QED) is 0.169. The summed E-state index contributed by atoms with van der Waals surface area (Å²) in [5, 5.41) is 10.2. The molecular formula is C53H37N3S. The summed E-state index contributed by atoms with van der Waals surface area (Å²) >= 11 is 1.90.